The molecule has 74 valence electrons. The van der Waals surface area contributed by atoms with Gasteiger partial charge >= 0.3 is 0 Å². The number of rotatable bonds is 2. The molecule has 0 atom stereocenters. The van der Waals surface area contributed by atoms with Crippen LogP contribution in [0.3, 0.4) is 0 Å². The Balaban J connectivity index is 0.000000252. The number of H-pyrrole nitrogens is 1. The fraction of sp³-hybridized carbons (Fsp3) is 0.444. The lowest BCUT2D eigenvalue weighted by Gasteiger charge is -1.84. The van der Waals surface area contributed by atoms with Crippen LogP contribution < -0.4 is 5.56 Å². The topological polar surface area (TPSA) is 42.1 Å². The number of halogens is 1. The molecule has 1 N–H and O–H groups in total. The largest absolute Gasteiger partial charge is 0.384 e. The van der Waals surface area contributed by atoms with Crippen LogP contribution in [0.4, 0.5) is 0 Å². The van der Waals surface area contributed by atoms with E-state index >= 15 is 0 Å². The van der Waals surface area contributed by atoms with Gasteiger partial charge in [0.15, 0.2) is 0 Å². The van der Waals surface area contributed by atoms with Crippen LogP contribution in [0.15, 0.2) is 23.0 Å². The Bertz CT molecular complexity index is 270. The van der Waals surface area contributed by atoms with E-state index in [1.54, 1.807) is 13.2 Å². The number of alkyl halides is 1. The number of nitrogens with one attached hydrogen (secondary N) is 1. The summed E-state index contributed by atoms with van der Waals surface area (Å²) in [5.41, 5.74) is 0.863. The number of aromatic amines is 1. The van der Waals surface area contributed by atoms with Crippen molar-refractivity contribution in [1.82, 2.24) is 4.98 Å². The molecule has 0 amide bonds. The van der Waals surface area contributed by atoms with Crippen LogP contribution >= 0.6 is 22.6 Å². The van der Waals surface area contributed by atoms with Crippen molar-refractivity contribution in [2.45, 2.75) is 6.92 Å². The van der Waals surface area contributed by atoms with Crippen molar-refractivity contribution < 1.29 is 4.74 Å². The van der Waals surface area contributed by atoms with Crippen LogP contribution in [0.5, 0.6) is 0 Å². The summed E-state index contributed by atoms with van der Waals surface area (Å²) in [4.78, 5) is 13.0. The van der Waals surface area contributed by atoms with Gasteiger partial charge in [-0.2, -0.15) is 0 Å². The fourth-order valence-electron chi connectivity index (χ4n) is 0.635. The van der Waals surface area contributed by atoms with Crippen LogP contribution in [0.1, 0.15) is 5.69 Å². The zero-order valence-electron chi connectivity index (χ0n) is 7.84. The average molecular weight is 295 g/mol. The van der Waals surface area contributed by atoms with E-state index in [-0.39, 0.29) is 5.56 Å². The van der Waals surface area contributed by atoms with E-state index in [0.717, 1.165) is 16.7 Å². The molecule has 1 rings (SSSR count). The molecule has 3 nitrogen and oxygen atoms in total. The lowest BCUT2D eigenvalue weighted by atomic mass is 10.4. The van der Waals surface area contributed by atoms with Crippen LogP contribution in [-0.2, 0) is 4.74 Å². The molecule has 0 saturated heterocycles. The van der Waals surface area contributed by atoms with E-state index in [2.05, 4.69) is 32.3 Å². The molecule has 1 heterocycles. The van der Waals surface area contributed by atoms with Gasteiger partial charge in [0.2, 0.25) is 5.56 Å². The molecular formula is C9H14INO2. The number of pyridine rings is 1. The van der Waals surface area contributed by atoms with E-state index in [1.807, 2.05) is 13.0 Å². The Labute approximate surface area is 91.7 Å². The molecule has 0 unspecified atom stereocenters. The third-order valence-electron chi connectivity index (χ3n) is 1.20. The Morgan fingerprint density at radius 1 is 1.54 bits per heavy atom. The SMILES string of the molecule is COCCI.Cc1cccc(=O)[nH]1. The second-order valence-corrected chi connectivity index (χ2v) is 3.46. The number of ether oxygens (including phenoxy) is 1. The third-order valence-corrected chi connectivity index (χ3v) is 1.64. The van der Waals surface area contributed by atoms with Crippen molar-refractivity contribution >= 4 is 22.6 Å². The van der Waals surface area contributed by atoms with Crippen molar-refractivity contribution in [2.24, 2.45) is 0 Å². The van der Waals surface area contributed by atoms with Gasteiger partial charge in [0.1, 0.15) is 0 Å². The summed E-state index contributed by atoms with van der Waals surface area (Å²) in [5, 5.41) is 0. The monoisotopic (exact) mass is 295 g/mol. The van der Waals surface area contributed by atoms with Crippen molar-refractivity contribution in [2.75, 3.05) is 18.1 Å². The predicted octanol–water partition coefficient (Wildman–Crippen LogP) is 1.75. The maximum absolute atomic E-state index is 10.4. The third kappa shape index (κ3) is 7.98. The molecule has 0 aromatic carbocycles. The molecule has 0 bridgehead atoms. The Kier molecular flexibility index (Phi) is 8.02. The normalized spacial score (nSPS) is 8.85. The number of methoxy groups -OCH3 is 1. The summed E-state index contributed by atoms with van der Waals surface area (Å²) in [6.07, 6.45) is 0. The highest BCUT2D eigenvalue weighted by atomic mass is 127. The van der Waals surface area contributed by atoms with E-state index in [4.69, 9.17) is 0 Å². The van der Waals surface area contributed by atoms with Crippen molar-refractivity contribution in [3.63, 3.8) is 0 Å². The molecule has 0 radical (unpaired) electrons. The second-order valence-electron chi connectivity index (χ2n) is 2.38. The number of aryl methyl sites for hydroxylation is 1. The number of aromatic nitrogens is 1. The highest BCUT2D eigenvalue weighted by Crippen LogP contribution is 1.81. The fourth-order valence-corrected chi connectivity index (χ4v) is 1.08. The first-order chi connectivity index (χ1) is 6.20. The quantitative estimate of drug-likeness (QED) is 0.667. The molecule has 0 fully saturated rings. The molecule has 4 heteroatoms. The first kappa shape index (κ1) is 12.6. The molecule has 1 aromatic heterocycles. The van der Waals surface area contributed by atoms with E-state index in [0.29, 0.717) is 0 Å². The molecule has 1 aromatic rings. The molecule has 0 aliphatic heterocycles. The van der Waals surface area contributed by atoms with Gasteiger partial charge < -0.3 is 9.72 Å². The van der Waals surface area contributed by atoms with Gasteiger partial charge in [0, 0.05) is 23.3 Å². The molecular weight excluding hydrogens is 281 g/mol. The van der Waals surface area contributed by atoms with E-state index in [1.165, 1.54) is 6.07 Å². The zero-order chi connectivity index (χ0) is 10.1. The molecule has 0 aliphatic rings. The first-order valence-corrected chi connectivity index (χ1v) is 5.44. The maximum atomic E-state index is 10.4. The standard InChI is InChI=1S/C6H7NO.C3H7IO/c1-5-3-2-4-6(8)7-5;1-5-3-2-4/h2-4H,1H3,(H,7,8);2-3H2,1H3. The van der Waals surface area contributed by atoms with Gasteiger partial charge in [-0.1, -0.05) is 28.7 Å². The van der Waals surface area contributed by atoms with Gasteiger partial charge in [-0.25, -0.2) is 0 Å². The summed E-state index contributed by atoms with van der Waals surface area (Å²) in [6.45, 7) is 2.72. The van der Waals surface area contributed by atoms with E-state index < -0.39 is 0 Å². The van der Waals surface area contributed by atoms with Gasteiger partial charge in [-0.3, -0.25) is 4.79 Å². The van der Waals surface area contributed by atoms with Crippen molar-refractivity contribution in [3.05, 3.63) is 34.2 Å². The van der Waals surface area contributed by atoms with Gasteiger partial charge in [0.25, 0.3) is 0 Å². The number of hydrogen-bond donors (Lipinski definition) is 1. The van der Waals surface area contributed by atoms with Crippen LogP contribution in [-0.4, -0.2) is 23.1 Å². The maximum Gasteiger partial charge on any atom is 0.248 e. The van der Waals surface area contributed by atoms with Gasteiger partial charge in [-0.15, -0.1) is 0 Å². The lowest BCUT2D eigenvalue weighted by Crippen LogP contribution is -2.02. The van der Waals surface area contributed by atoms with Crippen LogP contribution in [0.2, 0.25) is 0 Å². The predicted molar refractivity (Wildman–Crippen MR) is 62.6 cm³/mol. The summed E-state index contributed by atoms with van der Waals surface area (Å²) < 4.78 is 5.78. The molecule has 13 heavy (non-hydrogen) atoms. The molecule has 0 spiro atoms. The minimum atomic E-state index is -0.0370. The minimum Gasteiger partial charge on any atom is -0.384 e. The Hall–Kier alpha value is -0.360. The van der Waals surface area contributed by atoms with Crippen LogP contribution in [0, 0.1) is 6.92 Å². The average Bonchev–Trinajstić information content (AvgIpc) is 2.06. The van der Waals surface area contributed by atoms with Crippen molar-refractivity contribution in [3.8, 4) is 0 Å². The highest BCUT2D eigenvalue weighted by molar-refractivity contribution is 14.1. The first-order valence-electron chi connectivity index (χ1n) is 3.91. The van der Waals surface area contributed by atoms with Gasteiger partial charge in [-0.05, 0) is 13.0 Å². The minimum absolute atomic E-state index is 0.0370. The molecule has 0 aliphatic carbocycles. The Morgan fingerprint density at radius 2 is 2.23 bits per heavy atom. The Morgan fingerprint density at radius 3 is 2.46 bits per heavy atom. The summed E-state index contributed by atoms with van der Waals surface area (Å²) in [7, 11) is 1.71. The number of hydrogen-bond acceptors (Lipinski definition) is 2. The van der Waals surface area contributed by atoms with E-state index in [9.17, 15) is 4.79 Å². The van der Waals surface area contributed by atoms with Crippen molar-refractivity contribution in [1.29, 1.82) is 0 Å². The zero-order valence-corrected chi connectivity index (χ0v) is 10.00. The lowest BCUT2D eigenvalue weighted by molar-refractivity contribution is 0.220. The smallest absolute Gasteiger partial charge is 0.248 e. The summed E-state index contributed by atoms with van der Waals surface area (Å²) >= 11 is 2.26. The summed E-state index contributed by atoms with van der Waals surface area (Å²) in [5.74, 6) is 0. The molecule has 0 saturated carbocycles. The van der Waals surface area contributed by atoms with Crippen LogP contribution in [0.25, 0.3) is 0 Å². The second kappa shape index (κ2) is 8.25. The summed E-state index contributed by atoms with van der Waals surface area (Å²) in [6, 6.07) is 5.07. The highest BCUT2D eigenvalue weighted by Gasteiger charge is 1.79. The van der Waals surface area contributed by atoms with Gasteiger partial charge in [0.05, 0.1) is 6.61 Å².